The van der Waals surface area contributed by atoms with Crippen molar-refractivity contribution in [2.75, 3.05) is 0 Å². The summed E-state index contributed by atoms with van der Waals surface area (Å²) in [6.45, 7) is 1.84. The van der Waals surface area contributed by atoms with Gasteiger partial charge in [-0.05, 0) is 6.92 Å². The van der Waals surface area contributed by atoms with Gasteiger partial charge in [0.25, 0.3) is 0 Å². The summed E-state index contributed by atoms with van der Waals surface area (Å²) in [5, 5.41) is 2.58. The molecule has 1 heterocycles. The lowest BCUT2D eigenvalue weighted by Gasteiger charge is -1.92. The molecule has 2 nitrogen and oxygen atoms in total. The van der Waals surface area contributed by atoms with E-state index in [1.165, 1.54) is 11.8 Å². The van der Waals surface area contributed by atoms with Crippen LogP contribution in [-0.4, -0.2) is 16.0 Å². The van der Waals surface area contributed by atoms with Gasteiger partial charge in [-0.15, -0.1) is 11.8 Å². The predicted octanol–water partition coefficient (Wildman–Crippen LogP) is 0.760. The zero-order valence-electron chi connectivity index (χ0n) is 4.35. The van der Waals surface area contributed by atoms with E-state index in [9.17, 15) is 4.79 Å². The molecule has 1 N–H and O–H groups in total. The third-order valence-corrected chi connectivity index (χ3v) is 2.35. The number of thioether (sulfide) groups is 1. The van der Waals surface area contributed by atoms with Crippen molar-refractivity contribution in [3.05, 3.63) is 0 Å². The first-order valence-corrected chi connectivity index (χ1v) is 3.68. The Balaban J connectivity index is 2.51. The van der Waals surface area contributed by atoms with Crippen LogP contribution in [-0.2, 0) is 4.79 Å². The SMILES string of the molecule is CC1SC(Cl)NC1=O. The lowest BCUT2D eigenvalue weighted by atomic mass is 10.5. The molecular formula is C4H6ClNOS. The maximum Gasteiger partial charge on any atom is 0.234 e. The maximum absolute atomic E-state index is 10.6. The van der Waals surface area contributed by atoms with Crippen molar-refractivity contribution < 1.29 is 4.79 Å². The van der Waals surface area contributed by atoms with Crippen LogP contribution < -0.4 is 5.32 Å². The number of carbonyl (C=O) groups excluding carboxylic acids is 1. The second kappa shape index (κ2) is 2.15. The summed E-state index contributed by atoms with van der Waals surface area (Å²) >= 11 is 6.97. The molecule has 4 heteroatoms. The molecule has 1 aliphatic rings. The van der Waals surface area contributed by atoms with Crippen LogP contribution in [0.15, 0.2) is 0 Å². The number of rotatable bonds is 0. The van der Waals surface area contributed by atoms with Crippen molar-refractivity contribution in [3.63, 3.8) is 0 Å². The van der Waals surface area contributed by atoms with Crippen LogP contribution in [0, 0.1) is 0 Å². The fraction of sp³-hybridized carbons (Fsp3) is 0.750. The molecule has 0 aliphatic carbocycles. The van der Waals surface area contributed by atoms with Crippen LogP contribution in [0.25, 0.3) is 0 Å². The summed E-state index contributed by atoms with van der Waals surface area (Å²) < 4.78 is 0. The standard InChI is InChI=1S/C4H6ClNOS/c1-2-3(7)6-4(5)8-2/h2,4H,1H3,(H,6,7). The molecule has 1 saturated heterocycles. The Labute approximate surface area is 57.0 Å². The number of hydrogen-bond acceptors (Lipinski definition) is 2. The average molecular weight is 152 g/mol. The predicted molar refractivity (Wildman–Crippen MR) is 34.8 cm³/mol. The maximum atomic E-state index is 10.6. The highest BCUT2D eigenvalue weighted by atomic mass is 35.5. The van der Waals surface area contributed by atoms with Gasteiger partial charge < -0.3 is 5.32 Å². The Morgan fingerprint density at radius 1 is 1.88 bits per heavy atom. The lowest BCUT2D eigenvalue weighted by Crippen LogP contribution is -2.23. The van der Waals surface area contributed by atoms with E-state index in [1.54, 1.807) is 0 Å². The van der Waals surface area contributed by atoms with Crippen molar-refractivity contribution in [1.29, 1.82) is 0 Å². The number of nitrogens with one attached hydrogen (secondary N) is 1. The van der Waals surface area contributed by atoms with Gasteiger partial charge in [0.1, 0.15) is 0 Å². The highest BCUT2D eigenvalue weighted by Crippen LogP contribution is 2.24. The quantitative estimate of drug-likeness (QED) is 0.409. The van der Waals surface area contributed by atoms with Crippen molar-refractivity contribution in [3.8, 4) is 0 Å². The molecule has 0 radical (unpaired) electrons. The van der Waals surface area contributed by atoms with E-state index >= 15 is 0 Å². The minimum Gasteiger partial charge on any atom is -0.330 e. The second-order valence-electron chi connectivity index (χ2n) is 1.60. The van der Waals surface area contributed by atoms with E-state index in [0.717, 1.165) is 0 Å². The second-order valence-corrected chi connectivity index (χ2v) is 3.75. The largest absolute Gasteiger partial charge is 0.330 e. The molecule has 2 unspecified atom stereocenters. The number of halogens is 1. The molecule has 0 bridgehead atoms. The Morgan fingerprint density at radius 3 is 2.62 bits per heavy atom. The third kappa shape index (κ3) is 1.09. The zero-order chi connectivity index (χ0) is 6.15. The number of carbonyl (C=O) groups is 1. The minimum absolute atomic E-state index is 0.0255. The summed E-state index contributed by atoms with van der Waals surface area (Å²) in [6.07, 6.45) is 0. The van der Waals surface area contributed by atoms with Crippen molar-refractivity contribution in [1.82, 2.24) is 5.32 Å². The molecule has 1 aliphatic heterocycles. The molecule has 2 atom stereocenters. The van der Waals surface area contributed by atoms with Gasteiger partial charge >= 0.3 is 0 Å². The Bertz CT molecular complexity index is 119. The molecule has 8 heavy (non-hydrogen) atoms. The van der Waals surface area contributed by atoms with Crippen LogP contribution in [0.1, 0.15) is 6.92 Å². The van der Waals surface area contributed by atoms with Crippen LogP contribution in [0.3, 0.4) is 0 Å². The van der Waals surface area contributed by atoms with Gasteiger partial charge in [0.15, 0.2) is 4.83 Å². The molecular weight excluding hydrogens is 146 g/mol. The Kier molecular flexibility index (Phi) is 1.68. The van der Waals surface area contributed by atoms with Crippen LogP contribution in [0.5, 0.6) is 0 Å². The van der Waals surface area contributed by atoms with Gasteiger partial charge in [0.05, 0.1) is 5.25 Å². The summed E-state index contributed by atoms with van der Waals surface area (Å²) in [5.74, 6) is 0.0370. The van der Waals surface area contributed by atoms with Crippen LogP contribution in [0.4, 0.5) is 0 Å². The topological polar surface area (TPSA) is 29.1 Å². The minimum atomic E-state index is -0.211. The molecule has 46 valence electrons. The fourth-order valence-electron chi connectivity index (χ4n) is 0.504. The van der Waals surface area contributed by atoms with Gasteiger partial charge in [0.2, 0.25) is 5.91 Å². The van der Waals surface area contributed by atoms with Gasteiger partial charge in [-0.25, -0.2) is 0 Å². The first-order chi connectivity index (χ1) is 3.70. The summed E-state index contributed by atoms with van der Waals surface area (Å²) in [4.78, 5) is 10.4. The molecule has 1 amide bonds. The van der Waals surface area contributed by atoms with Crippen molar-refractivity contribution in [2.45, 2.75) is 17.0 Å². The van der Waals surface area contributed by atoms with Gasteiger partial charge in [0, 0.05) is 0 Å². The molecule has 0 aromatic rings. The van der Waals surface area contributed by atoms with E-state index in [1.807, 2.05) is 6.92 Å². The highest BCUT2D eigenvalue weighted by molar-refractivity contribution is 8.02. The van der Waals surface area contributed by atoms with Gasteiger partial charge in [-0.1, -0.05) is 11.6 Å². The smallest absolute Gasteiger partial charge is 0.234 e. The number of alkyl halides is 1. The summed E-state index contributed by atoms with van der Waals surface area (Å²) in [5.41, 5.74) is 0. The highest BCUT2D eigenvalue weighted by Gasteiger charge is 2.26. The monoisotopic (exact) mass is 151 g/mol. The number of hydrogen-bond donors (Lipinski definition) is 1. The Morgan fingerprint density at radius 2 is 2.50 bits per heavy atom. The van der Waals surface area contributed by atoms with E-state index < -0.39 is 0 Å². The molecule has 1 fully saturated rings. The molecule has 0 saturated carbocycles. The lowest BCUT2D eigenvalue weighted by molar-refractivity contribution is -0.119. The van der Waals surface area contributed by atoms with Crippen molar-refractivity contribution in [2.24, 2.45) is 0 Å². The van der Waals surface area contributed by atoms with Crippen LogP contribution in [0.2, 0.25) is 0 Å². The van der Waals surface area contributed by atoms with Gasteiger partial charge in [-0.3, -0.25) is 4.79 Å². The number of amides is 1. The van der Waals surface area contributed by atoms with E-state index in [-0.39, 0.29) is 16.0 Å². The average Bonchev–Trinajstić information content (AvgIpc) is 1.85. The first-order valence-electron chi connectivity index (χ1n) is 2.30. The molecule has 1 rings (SSSR count). The first kappa shape index (κ1) is 6.23. The van der Waals surface area contributed by atoms with E-state index in [2.05, 4.69) is 5.32 Å². The van der Waals surface area contributed by atoms with E-state index in [0.29, 0.717) is 0 Å². The molecule has 0 aromatic heterocycles. The zero-order valence-corrected chi connectivity index (χ0v) is 5.92. The third-order valence-electron chi connectivity index (χ3n) is 0.949. The molecule has 0 spiro atoms. The summed E-state index contributed by atoms with van der Waals surface area (Å²) in [7, 11) is 0. The normalized spacial score (nSPS) is 37.5. The van der Waals surface area contributed by atoms with Crippen molar-refractivity contribution >= 4 is 29.3 Å². The van der Waals surface area contributed by atoms with Crippen LogP contribution >= 0.6 is 23.4 Å². The fourth-order valence-corrected chi connectivity index (χ4v) is 1.81. The summed E-state index contributed by atoms with van der Waals surface area (Å²) in [6, 6.07) is 0. The molecule has 0 aromatic carbocycles. The Hall–Kier alpha value is 0.110. The van der Waals surface area contributed by atoms with E-state index in [4.69, 9.17) is 11.6 Å². The van der Waals surface area contributed by atoms with Gasteiger partial charge in [-0.2, -0.15) is 0 Å².